The van der Waals surface area contributed by atoms with Crippen molar-refractivity contribution in [2.45, 2.75) is 24.9 Å². The predicted molar refractivity (Wildman–Crippen MR) is 62.3 cm³/mol. The summed E-state index contributed by atoms with van der Waals surface area (Å²) in [5, 5.41) is 8.17. The minimum atomic E-state index is -1.40. The van der Waals surface area contributed by atoms with Crippen molar-refractivity contribution < 1.29 is 14.1 Å². The Morgan fingerprint density at radius 3 is 2.44 bits per heavy atom. The lowest BCUT2D eigenvalue weighted by molar-refractivity contribution is -0.137. The summed E-state index contributed by atoms with van der Waals surface area (Å²) in [6, 6.07) is 3.49. The fraction of sp³-hybridized carbons (Fsp3) is 0.455. The summed E-state index contributed by atoms with van der Waals surface area (Å²) in [4.78, 5) is 14.8. The number of rotatable bonds is 5. The summed E-state index contributed by atoms with van der Waals surface area (Å²) in [5.74, 6) is -0.875. The zero-order chi connectivity index (χ0) is 12.1. The van der Waals surface area contributed by atoms with Gasteiger partial charge in [0.2, 0.25) is 0 Å². The molecule has 0 saturated carbocycles. The highest BCUT2D eigenvalue weighted by molar-refractivity contribution is 7.85. The molecule has 0 spiro atoms. The van der Waals surface area contributed by atoms with Crippen molar-refractivity contribution in [2.24, 2.45) is 5.92 Å². The number of carboxylic acid groups (broad SMARTS) is 1. The molecule has 88 valence electrons. The second kappa shape index (κ2) is 5.75. The summed E-state index contributed by atoms with van der Waals surface area (Å²) in [5.41, 5.74) is 0.847. The molecule has 0 aromatic carbocycles. The maximum atomic E-state index is 11.9. The van der Waals surface area contributed by atoms with Crippen molar-refractivity contribution in [1.82, 2.24) is 4.98 Å². The molecule has 0 aliphatic rings. The van der Waals surface area contributed by atoms with E-state index in [0.29, 0.717) is 0 Å². The average Bonchev–Trinajstić information content (AvgIpc) is 2.17. The van der Waals surface area contributed by atoms with Crippen LogP contribution in [0.25, 0.3) is 0 Å². The van der Waals surface area contributed by atoms with Crippen LogP contribution in [-0.2, 0) is 21.3 Å². The molecule has 2 atom stereocenters. The second-order valence-electron chi connectivity index (χ2n) is 3.88. The van der Waals surface area contributed by atoms with Crippen molar-refractivity contribution in [3.05, 3.63) is 30.1 Å². The molecule has 0 bridgehead atoms. The first-order valence-electron chi connectivity index (χ1n) is 5.01. The van der Waals surface area contributed by atoms with Crippen molar-refractivity contribution in [3.63, 3.8) is 0 Å². The fourth-order valence-electron chi connectivity index (χ4n) is 1.43. The number of nitrogens with zero attached hydrogens (tertiary/aromatic N) is 1. The minimum Gasteiger partial charge on any atom is -0.480 e. The Morgan fingerprint density at radius 1 is 1.44 bits per heavy atom. The lowest BCUT2D eigenvalue weighted by Gasteiger charge is -2.15. The largest absolute Gasteiger partial charge is 0.480 e. The SMILES string of the molecule is CC(C)C(C(=O)O)S(=O)Cc1ccncc1. The van der Waals surface area contributed by atoms with Gasteiger partial charge in [-0.15, -0.1) is 0 Å². The third-order valence-electron chi connectivity index (χ3n) is 2.19. The van der Waals surface area contributed by atoms with E-state index >= 15 is 0 Å². The molecule has 0 saturated heterocycles. The van der Waals surface area contributed by atoms with E-state index < -0.39 is 22.0 Å². The highest BCUT2D eigenvalue weighted by atomic mass is 32.2. The van der Waals surface area contributed by atoms with Gasteiger partial charge in [0.1, 0.15) is 5.25 Å². The Bertz CT molecular complexity index is 378. The molecule has 5 heteroatoms. The van der Waals surface area contributed by atoms with Crippen LogP contribution in [0.3, 0.4) is 0 Å². The van der Waals surface area contributed by atoms with E-state index in [2.05, 4.69) is 4.98 Å². The van der Waals surface area contributed by atoms with E-state index in [-0.39, 0.29) is 11.7 Å². The van der Waals surface area contributed by atoms with Gasteiger partial charge in [-0.05, 0) is 23.6 Å². The van der Waals surface area contributed by atoms with Crippen LogP contribution in [0.1, 0.15) is 19.4 Å². The number of carboxylic acids is 1. The normalized spacial score (nSPS) is 14.7. The van der Waals surface area contributed by atoms with Crippen molar-refractivity contribution in [2.75, 3.05) is 0 Å². The van der Waals surface area contributed by atoms with Crippen LogP contribution in [0.5, 0.6) is 0 Å². The summed E-state index contributed by atoms with van der Waals surface area (Å²) < 4.78 is 11.9. The number of carbonyl (C=O) groups is 1. The first kappa shape index (κ1) is 12.8. The van der Waals surface area contributed by atoms with E-state index in [1.54, 1.807) is 38.4 Å². The van der Waals surface area contributed by atoms with Crippen LogP contribution in [0, 0.1) is 5.92 Å². The smallest absolute Gasteiger partial charge is 0.319 e. The fourth-order valence-corrected chi connectivity index (χ4v) is 2.97. The Balaban J connectivity index is 2.74. The third kappa shape index (κ3) is 3.41. The lowest BCUT2D eigenvalue weighted by atomic mass is 10.1. The summed E-state index contributed by atoms with van der Waals surface area (Å²) in [6.07, 6.45) is 3.22. The Morgan fingerprint density at radius 2 is 2.00 bits per heavy atom. The predicted octanol–water partition coefficient (Wildman–Crippen LogP) is 1.44. The van der Waals surface area contributed by atoms with E-state index in [4.69, 9.17) is 5.11 Å². The lowest BCUT2D eigenvalue weighted by Crippen LogP contribution is -2.31. The van der Waals surface area contributed by atoms with Crippen molar-refractivity contribution in [3.8, 4) is 0 Å². The topological polar surface area (TPSA) is 67.3 Å². The molecule has 0 aliphatic heterocycles. The molecule has 1 aromatic heterocycles. The zero-order valence-electron chi connectivity index (χ0n) is 9.29. The minimum absolute atomic E-state index is 0.139. The first-order valence-corrected chi connectivity index (χ1v) is 6.39. The van der Waals surface area contributed by atoms with Gasteiger partial charge in [-0.25, -0.2) is 0 Å². The van der Waals surface area contributed by atoms with E-state index in [0.717, 1.165) is 5.56 Å². The summed E-state index contributed by atoms with van der Waals surface area (Å²) in [6.45, 7) is 3.53. The van der Waals surface area contributed by atoms with Gasteiger partial charge in [0, 0.05) is 28.9 Å². The van der Waals surface area contributed by atoms with Gasteiger partial charge in [-0.1, -0.05) is 13.8 Å². The van der Waals surface area contributed by atoms with E-state index in [1.165, 1.54) is 0 Å². The van der Waals surface area contributed by atoms with Crippen LogP contribution in [-0.4, -0.2) is 25.5 Å². The molecule has 4 nitrogen and oxygen atoms in total. The van der Waals surface area contributed by atoms with Crippen molar-refractivity contribution >= 4 is 16.8 Å². The molecular formula is C11H15NO3S. The van der Waals surface area contributed by atoms with Gasteiger partial charge < -0.3 is 5.11 Å². The number of pyridine rings is 1. The molecule has 1 N–H and O–H groups in total. The molecule has 1 heterocycles. The maximum absolute atomic E-state index is 11.9. The van der Waals surface area contributed by atoms with Crippen LogP contribution >= 0.6 is 0 Å². The monoisotopic (exact) mass is 241 g/mol. The van der Waals surface area contributed by atoms with Crippen LogP contribution in [0.4, 0.5) is 0 Å². The van der Waals surface area contributed by atoms with E-state index in [9.17, 15) is 9.00 Å². The molecule has 1 rings (SSSR count). The van der Waals surface area contributed by atoms with Gasteiger partial charge in [0.15, 0.2) is 0 Å². The van der Waals surface area contributed by atoms with Gasteiger partial charge >= 0.3 is 5.97 Å². The van der Waals surface area contributed by atoms with Crippen LogP contribution in [0.15, 0.2) is 24.5 Å². The molecule has 16 heavy (non-hydrogen) atoms. The highest BCUT2D eigenvalue weighted by Crippen LogP contribution is 2.14. The standard InChI is InChI=1S/C11H15NO3S/c1-8(2)10(11(13)14)16(15)7-9-3-5-12-6-4-9/h3-6,8,10H,7H2,1-2H3,(H,13,14). The number of aromatic nitrogens is 1. The van der Waals surface area contributed by atoms with Crippen LogP contribution < -0.4 is 0 Å². The van der Waals surface area contributed by atoms with Gasteiger partial charge in [-0.2, -0.15) is 0 Å². The third-order valence-corrected chi connectivity index (χ3v) is 4.12. The Labute approximate surface area is 97.2 Å². The molecule has 2 unspecified atom stereocenters. The number of hydrogen-bond acceptors (Lipinski definition) is 3. The molecule has 1 aromatic rings. The quantitative estimate of drug-likeness (QED) is 0.847. The number of aliphatic carboxylic acids is 1. The summed E-state index contributed by atoms with van der Waals surface area (Å²) >= 11 is 0. The van der Waals surface area contributed by atoms with Crippen molar-refractivity contribution in [1.29, 1.82) is 0 Å². The van der Waals surface area contributed by atoms with Gasteiger partial charge in [0.25, 0.3) is 0 Å². The average molecular weight is 241 g/mol. The maximum Gasteiger partial charge on any atom is 0.319 e. The zero-order valence-corrected chi connectivity index (χ0v) is 10.1. The van der Waals surface area contributed by atoms with E-state index in [1.807, 2.05) is 0 Å². The molecule has 0 radical (unpaired) electrons. The molecular weight excluding hydrogens is 226 g/mol. The molecule has 0 aliphatic carbocycles. The van der Waals surface area contributed by atoms with Crippen LogP contribution in [0.2, 0.25) is 0 Å². The van der Waals surface area contributed by atoms with Gasteiger partial charge in [-0.3, -0.25) is 14.0 Å². The summed E-state index contributed by atoms with van der Waals surface area (Å²) in [7, 11) is -1.40. The first-order chi connectivity index (χ1) is 7.52. The molecule has 0 amide bonds. The van der Waals surface area contributed by atoms with Gasteiger partial charge in [0.05, 0.1) is 0 Å². The Hall–Kier alpha value is -1.23. The molecule has 0 fully saturated rings. The number of hydrogen-bond donors (Lipinski definition) is 1. The highest BCUT2D eigenvalue weighted by Gasteiger charge is 2.27. The Kier molecular flexibility index (Phi) is 4.61. The second-order valence-corrected chi connectivity index (χ2v) is 5.44.